The van der Waals surface area contributed by atoms with Gasteiger partial charge in [0.05, 0.1) is 22.8 Å². The number of aromatic nitrogens is 3. The number of fused-ring (bicyclic) bond motifs is 1. The number of benzene rings is 2. The molecule has 0 bridgehead atoms. The van der Waals surface area contributed by atoms with E-state index in [1.165, 1.54) is 4.40 Å². The summed E-state index contributed by atoms with van der Waals surface area (Å²) >= 11 is 14.2. The molecule has 0 spiro atoms. The molecule has 0 radical (unpaired) electrons. The van der Waals surface area contributed by atoms with Crippen molar-refractivity contribution in [1.82, 2.24) is 35.6 Å². The van der Waals surface area contributed by atoms with Crippen LogP contribution in [0.1, 0.15) is 30.4 Å². The average Bonchev–Trinajstić information content (AvgIpc) is 3.76. The Hall–Kier alpha value is -4.81. The highest BCUT2D eigenvalue weighted by Gasteiger charge is 2.22. The Balaban J connectivity index is 1.10. The summed E-state index contributed by atoms with van der Waals surface area (Å²) in [7, 11) is 1.59. The van der Waals surface area contributed by atoms with Gasteiger partial charge < -0.3 is 26.0 Å². The minimum absolute atomic E-state index is 0.0607. The number of nitrogens with one attached hydrogen (secondary N) is 4. The molecule has 4 N–H and O–H groups in total. The van der Waals surface area contributed by atoms with Crippen LogP contribution in [0.15, 0.2) is 77.9 Å². The van der Waals surface area contributed by atoms with Gasteiger partial charge in [0.2, 0.25) is 17.7 Å². The lowest BCUT2D eigenvalue weighted by Gasteiger charge is -2.16. The zero-order chi connectivity index (χ0) is 35.5. The summed E-state index contributed by atoms with van der Waals surface area (Å²) in [5.74, 6) is 0.859. The van der Waals surface area contributed by atoms with Crippen LogP contribution in [-0.2, 0) is 22.7 Å². The van der Waals surface area contributed by atoms with Gasteiger partial charge in [0.1, 0.15) is 5.65 Å². The number of halogens is 2. The van der Waals surface area contributed by atoms with Crippen molar-refractivity contribution in [2.24, 2.45) is 5.92 Å². The van der Waals surface area contributed by atoms with E-state index in [0.29, 0.717) is 78.4 Å². The molecule has 13 heteroatoms. The first-order chi connectivity index (χ1) is 24.8. The van der Waals surface area contributed by atoms with Gasteiger partial charge in [0.25, 0.3) is 5.56 Å². The fraction of sp³-hybridized carbons (Fsp3) is 0.289. The molecule has 7 rings (SSSR count). The molecule has 2 atom stereocenters. The second-order valence-corrected chi connectivity index (χ2v) is 13.6. The number of ether oxygens (including phenoxy) is 1. The van der Waals surface area contributed by atoms with Crippen molar-refractivity contribution >= 4 is 40.7 Å². The molecule has 2 saturated heterocycles. The van der Waals surface area contributed by atoms with Crippen molar-refractivity contribution in [3.05, 3.63) is 105 Å². The lowest BCUT2D eigenvalue weighted by atomic mass is 9.97. The highest BCUT2D eigenvalue weighted by atomic mass is 35.5. The molecule has 2 aliphatic heterocycles. The molecule has 5 heterocycles. The van der Waals surface area contributed by atoms with Crippen LogP contribution < -0.4 is 31.6 Å². The van der Waals surface area contributed by atoms with E-state index in [-0.39, 0.29) is 29.3 Å². The Kier molecular flexibility index (Phi) is 10.3. The Labute approximate surface area is 304 Å². The zero-order valence-corrected chi connectivity index (χ0v) is 29.5. The minimum Gasteiger partial charge on any atom is -0.481 e. The summed E-state index contributed by atoms with van der Waals surface area (Å²) < 4.78 is 7.17. The molecule has 5 aromatic rings. The van der Waals surface area contributed by atoms with Crippen LogP contribution in [0.5, 0.6) is 5.88 Å². The number of pyridine rings is 2. The minimum atomic E-state index is -0.156. The first-order valence-electron chi connectivity index (χ1n) is 16.9. The first kappa shape index (κ1) is 34.6. The Morgan fingerprint density at radius 3 is 2.33 bits per heavy atom. The fourth-order valence-corrected chi connectivity index (χ4v) is 7.33. The number of nitrogens with zero attached hydrogens (tertiary/aromatic N) is 3. The molecule has 3 aromatic heterocycles. The normalized spacial score (nSPS) is 17.2. The third kappa shape index (κ3) is 7.48. The summed E-state index contributed by atoms with van der Waals surface area (Å²) in [4.78, 5) is 45.6. The topological polar surface area (TPSA) is 139 Å². The van der Waals surface area contributed by atoms with E-state index < -0.39 is 0 Å². The van der Waals surface area contributed by atoms with E-state index in [1.54, 1.807) is 19.5 Å². The van der Waals surface area contributed by atoms with Crippen molar-refractivity contribution < 1.29 is 14.3 Å². The molecule has 0 saturated carbocycles. The van der Waals surface area contributed by atoms with Gasteiger partial charge >= 0.3 is 0 Å². The van der Waals surface area contributed by atoms with Gasteiger partial charge in [-0.3, -0.25) is 18.8 Å². The quantitative estimate of drug-likeness (QED) is 0.141. The van der Waals surface area contributed by atoms with Crippen molar-refractivity contribution in [2.45, 2.75) is 38.4 Å². The van der Waals surface area contributed by atoms with E-state index in [9.17, 15) is 14.4 Å². The standard InChI is InChI=1S/C38H37Cl2N7O4/c1-51-37-24(18-42-21-26-9-11-33(48)45-26)8-10-31(46-37)30-7-3-6-29(36(30)40)28-5-2-4-27(35(28)39)23-12-13-47-32(15-23)43-20-25(38(47)50)19-41-16-22-14-34(49)44-17-22/h2-8,10,12-13,15,20,22,26,41-42H,9,11,14,16-19,21H2,1H3,(H,44,49)(H,45,48)/t22-,26+/m1/s1. The van der Waals surface area contributed by atoms with Gasteiger partial charge in [-0.1, -0.05) is 65.7 Å². The van der Waals surface area contributed by atoms with Gasteiger partial charge in [-0.05, 0) is 36.1 Å². The van der Waals surface area contributed by atoms with Crippen molar-refractivity contribution in [1.29, 1.82) is 0 Å². The summed E-state index contributed by atoms with van der Waals surface area (Å²) in [6.45, 7) is 2.86. The summed E-state index contributed by atoms with van der Waals surface area (Å²) in [5.41, 5.74) is 6.23. The lowest BCUT2D eigenvalue weighted by Crippen LogP contribution is -2.35. The number of rotatable bonds is 12. The summed E-state index contributed by atoms with van der Waals surface area (Å²) in [6.07, 6.45) is 5.20. The van der Waals surface area contributed by atoms with Gasteiger partial charge in [0.15, 0.2) is 0 Å². The second-order valence-electron chi connectivity index (χ2n) is 12.9. The molecule has 51 heavy (non-hydrogen) atoms. The van der Waals surface area contributed by atoms with Crippen molar-refractivity contribution in [2.75, 3.05) is 26.7 Å². The van der Waals surface area contributed by atoms with Crippen LogP contribution in [0.4, 0.5) is 0 Å². The smallest absolute Gasteiger partial charge is 0.262 e. The molecule has 0 aliphatic carbocycles. The molecule has 0 unspecified atom stereocenters. The predicted molar refractivity (Wildman–Crippen MR) is 198 cm³/mol. The summed E-state index contributed by atoms with van der Waals surface area (Å²) in [6, 6.07) is 19.2. The molecule has 2 amide bonds. The Bertz CT molecular complexity index is 2190. The van der Waals surface area contributed by atoms with Crippen molar-refractivity contribution in [3.8, 4) is 39.4 Å². The molecule has 2 fully saturated rings. The second kappa shape index (κ2) is 15.2. The molecule has 262 valence electrons. The molecule has 2 aromatic carbocycles. The van der Waals surface area contributed by atoms with E-state index in [4.69, 9.17) is 32.9 Å². The number of methoxy groups -OCH3 is 1. The van der Waals surface area contributed by atoms with Crippen LogP contribution in [-0.4, -0.2) is 59.0 Å². The average molecular weight is 727 g/mol. The van der Waals surface area contributed by atoms with Crippen LogP contribution in [0.2, 0.25) is 10.0 Å². The Morgan fingerprint density at radius 2 is 1.61 bits per heavy atom. The van der Waals surface area contributed by atoms with Gasteiger partial charge in [-0.25, -0.2) is 9.97 Å². The van der Waals surface area contributed by atoms with Crippen LogP contribution >= 0.6 is 23.2 Å². The number of amides is 2. The number of hydrogen-bond donors (Lipinski definition) is 4. The van der Waals surface area contributed by atoms with Crippen LogP contribution in [0.3, 0.4) is 0 Å². The lowest BCUT2D eigenvalue weighted by molar-refractivity contribution is -0.120. The monoisotopic (exact) mass is 725 g/mol. The predicted octanol–water partition coefficient (Wildman–Crippen LogP) is 5.00. The fourth-order valence-electron chi connectivity index (χ4n) is 6.66. The molecular weight excluding hydrogens is 689 g/mol. The number of hydrogen-bond acceptors (Lipinski definition) is 8. The molecular formula is C38H37Cl2N7O4. The van der Waals surface area contributed by atoms with Gasteiger partial charge in [-0.2, -0.15) is 0 Å². The SMILES string of the molecule is COc1nc(-c2cccc(-c3cccc(-c4ccn5c(=O)c(CNC[C@@H]6CNC(=O)C6)cnc5c4)c3Cl)c2Cl)ccc1CNC[C@@H]1CCC(=O)N1. The molecule has 2 aliphatic rings. The van der Waals surface area contributed by atoms with Crippen LogP contribution in [0.25, 0.3) is 39.2 Å². The van der Waals surface area contributed by atoms with E-state index in [0.717, 1.165) is 39.8 Å². The number of carbonyl (C=O) groups excluding carboxylic acids is 2. The van der Waals surface area contributed by atoms with Crippen LogP contribution in [0, 0.1) is 5.92 Å². The maximum Gasteiger partial charge on any atom is 0.262 e. The van der Waals surface area contributed by atoms with E-state index in [2.05, 4.69) is 26.3 Å². The maximum atomic E-state index is 13.3. The van der Waals surface area contributed by atoms with E-state index >= 15 is 0 Å². The van der Waals surface area contributed by atoms with Crippen molar-refractivity contribution in [3.63, 3.8) is 0 Å². The highest BCUT2D eigenvalue weighted by Crippen LogP contribution is 2.42. The van der Waals surface area contributed by atoms with E-state index in [1.807, 2.05) is 60.7 Å². The third-order valence-corrected chi connectivity index (χ3v) is 10.2. The highest BCUT2D eigenvalue weighted by molar-refractivity contribution is 6.39. The largest absolute Gasteiger partial charge is 0.481 e. The maximum absolute atomic E-state index is 13.3. The van der Waals surface area contributed by atoms with Gasteiger partial charge in [-0.15, -0.1) is 0 Å². The zero-order valence-electron chi connectivity index (χ0n) is 28.0. The third-order valence-electron chi connectivity index (χ3n) is 9.39. The Morgan fingerprint density at radius 1 is 0.882 bits per heavy atom. The summed E-state index contributed by atoms with van der Waals surface area (Å²) in [5, 5.41) is 13.5. The molecule has 11 nitrogen and oxygen atoms in total. The number of carbonyl (C=O) groups is 2. The van der Waals surface area contributed by atoms with Gasteiger partial charge in [0, 0.05) is 97.4 Å². The first-order valence-corrected chi connectivity index (χ1v) is 17.6.